The third-order valence-corrected chi connectivity index (χ3v) is 4.14. The lowest BCUT2D eigenvalue weighted by atomic mass is 9.77. The Labute approximate surface area is 105 Å². The number of fused-ring (bicyclic) bond motifs is 1. The first-order chi connectivity index (χ1) is 8.26. The van der Waals surface area contributed by atoms with Crippen molar-refractivity contribution in [2.75, 3.05) is 0 Å². The van der Waals surface area contributed by atoms with Crippen LogP contribution in [-0.2, 0) is 11.8 Å². The summed E-state index contributed by atoms with van der Waals surface area (Å²) in [5, 5.41) is 18.5. The summed E-state index contributed by atoms with van der Waals surface area (Å²) in [6, 6.07) is 3.15. The molecule has 4 nitrogen and oxygen atoms in total. The van der Waals surface area contributed by atoms with Crippen LogP contribution in [0.25, 0.3) is 0 Å². The lowest BCUT2D eigenvalue weighted by molar-refractivity contribution is 0.0649. The van der Waals surface area contributed by atoms with E-state index in [-0.39, 0.29) is 16.5 Å². The molecule has 1 aromatic carbocycles. The summed E-state index contributed by atoms with van der Waals surface area (Å²) in [6.45, 7) is 6.01. The van der Waals surface area contributed by atoms with Crippen LogP contribution >= 0.6 is 0 Å². The molecule has 2 rings (SSSR count). The van der Waals surface area contributed by atoms with Gasteiger partial charge in [0.25, 0.3) is 0 Å². The highest BCUT2D eigenvalue weighted by molar-refractivity contribution is 6.03. The summed E-state index contributed by atoms with van der Waals surface area (Å²) < 4.78 is 0. The van der Waals surface area contributed by atoms with Crippen molar-refractivity contribution in [2.45, 2.75) is 32.6 Å². The lowest BCUT2D eigenvalue weighted by Gasteiger charge is -2.26. The topological polar surface area (TPSA) is 74.6 Å². The van der Waals surface area contributed by atoms with Crippen molar-refractivity contribution >= 4 is 11.9 Å². The number of carboxylic acid groups (broad SMARTS) is 2. The molecule has 96 valence electrons. The van der Waals surface area contributed by atoms with Gasteiger partial charge >= 0.3 is 11.9 Å². The molecule has 0 aromatic heterocycles. The molecular formula is C14H16O4. The van der Waals surface area contributed by atoms with Crippen LogP contribution in [0.1, 0.15) is 52.6 Å². The number of benzene rings is 1. The summed E-state index contributed by atoms with van der Waals surface area (Å²) in [6.07, 6.45) is 0.794. The van der Waals surface area contributed by atoms with Crippen LogP contribution < -0.4 is 0 Å². The minimum atomic E-state index is -1.19. The van der Waals surface area contributed by atoms with Gasteiger partial charge in [-0.1, -0.05) is 26.8 Å². The smallest absolute Gasteiger partial charge is 0.336 e. The molecule has 0 bridgehead atoms. The van der Waals surface area contributed by atoms with Crippen molar-refractivity contribution in [1.82, 2.24) is 0 Å². The molecule has 18 heavy (non-hydrogen) atoms. The number of aromatic carboxylic acids is 2. The maximum Gasteiger partial charge on any atom is 0.336 e. The highest BCUT2D eigenvalue weighted by Crippen LogP contribution is 2.45. The first-order valence-corrected chi connectivity index (χ1v) is 5.89. The van der Waals surface area contributed by atoms with Gasteiger partial charge in [-0.15, -0.1) is 0 Å². The van der Waals surface area contributed by atoms with E-state index in [9.17, 15) is 14.7 Å². The van der Waals surface area contributed by atoms with Gasteiger partial charge in [-0.2, -0.15) is 0 Å². The molecule has 0 spiro atoms. The quantitative estimate of drug-likeness (QED) is 0.843. The zero-order chi connectivity index (χ0) is 13.7. The van der Waals surface area contributed by atoms with Gasteiger partial charge in [0.05, 0.1) is 11.1 Å². The molecular weight excluding hydrogens is 232 g/mol. The minimum absolute atomic E-state index is 0.0469. The van der Waals surface area contributed by atoms with Gasteiger partial charge in [-0.3, -0.25) is 0 Å². The van der Waals surface area contributed by atoms with E-state index in [0.29, 0.717) is 11.5 Å². The van der Waals surface area contributed by atoms with E-state index in [1.54, 1.807) is 6.07 Å². The molecule has 1 aliphatic rings. The second kappa shape index (κ2) is 3.83. The molecule has 2 N–H and O–H groups in total. The SMILES string of the molecule is CC1Cc2ccc(C(=O)O)c(C(=O)O)c2C1(C)C. The first kappa shape index (κ1) is 12.6. The van der Waals surface area contributed by atoms with Crippen LogP contribution in [0.2, 0.25) is 0 Å². The Morgan fingerprint density at radius 2 is 1.83 bits per heavy atom. The second-order valence-corrected chi connectivity index (χ2v) is 5.46. The molecule has 0 amide bonds. The van der Waals surface area contributed by atoms with Crippen LogP contribution in [0.4, 0.5) is 0 Å². The Hall–Kier alpha value is -1.84. The number of carboxylic acids is 2. The summed E-state index contributed by atoms with van der Waals surface area (Å²) >= 11 is 0. The van der Waals surface area contributed by atoms with E-state index < -0.39 is 11.9 Å². The van der Waals surface area contributed by atoms with Crippen molar-refractivity contribution < 1.29 is 19.8 Å². The molecule has 0 radical (unpaired) electrons. The highest BCUT2D eigenvalue weighted by Gasteiger charge is 2.41. The molecule has 0 fully saturated rings. The molecule has 1 unspecified atom stereocenters. The molecule has 1 aliphatic carbocycles. The monoisotopic (exact) mass is 248 g/mol. The average molecular weight is 248 g/mol. The Bertz CT molecular complexity index is 543. The Balaban J connectivity index is 2.80. The maximum atomic E-state index is 11.4. The molecule has 0 saturated carbocycles. The Morgan fingerprint density at radius 1 is 1.22 bits per heavy atom. The van der Waals surface area contributed by atoms with E-state index in [4.69, 9.17) is 5.11 Å². The van der Waals surface area contributed by atoms with E-state index in [1.165, 1.54) is 6.07 Å². The van der Waals surface area contributed by atoms with Crippen LogP contribution in [0.3, 0.4) is 0 Å². The Morgan fingerprint density at radius 3 is 2.33 bits per heavy atom. The van der Waals surface area contributed by atoms with Crippen LogP contribution in [0.5, 0.6) is 0 Å². The molecule has 0 aliphatic heterocycles. The maximum absolute atomic E-state index is 11.4. The van der Waals surface area contributed by atoms with E-state index in [0.717, 1.165) is 12.0 Å². The molecule has 1 aromatic rings. The van der Waals surface area contributed by atoms with E-state index >= 15 is 0 Å². The standard InChI is InChI=1S/C14H16O4/c1-7-6-8-4-5-9(12(15)16)10(13(17)18)11(8)14(7,2)3/h4-5,7H,6H2,1-3H3,(H,15,16)(H,17,18). The van der Waals surface area contributed by atoms with E-state index in [1.807, 2.05) is 13.8 Å². The third kappa shape index (κ3) is 1.60. The van der Waals surface area contributed by atoms with Gasteiger partial charge in [-0.05, 0) is 34.9 Å². The van der Waals surface area contributed by atoms with Crippen LogP contribution in [0, 0.1) is 5.92 Å². The van der Waals surface area contributed by atoms with Crippen LogP contribution in [-0.4, -0.2) is 22.2 Å². The van der Waals surface area contributed by atoms with Crippen molar-refractivity contribution in [1.29, 1.82) is 0 Å². The fourth-order valence-corrected chi connectivity index (χ4v) is 2.78. The fourth-order valence-electron chi connectivity index (χ4n) is 2.78. The van der Waals surface area contributed by atoms with Gasteiger partial charge in [0.2, 0.25) is 0 Å². The summed E-state index contributed by atoms with van der Waals surface area (Å²) in [5.41, 5.74) is 1.16. The van der Waals surface area contributed by atoms with Crippen LogP contribution in [0.15, 0.2) is 12.1 Å². The highest BCUT2D eigenvalue weighted by atomic mass is 16.4. The molecule has 0 heterocycles. The summed E-state index contributed by atoms with van der Waals surface area (Å²) in [4.78, 5) is 22.6. The normalized spacial score (nSPS) is 20.5. The second-order valence-electron chi connectivity index (χ2n) is 5.46. The van der Waals surface area contributed by atoms with Gasteiger partial charge in [0.15, 0.2) is 0 Å². The minimum Gasteiger partial charge on any atom is -0.478 e. The molecule has 4 heteroatoms. The first-order valence-electron chi connectivity index (χ1n) is 5.89. The predicted octanol–water partition coefficient (Wildman–Crippen LogP) is 2.55. The molecule has 0 saturated heterocycles. The van der Waals surface area contributed by atoms with Gasteiger partial charge in [0, 0.05) is 0 Å². The van der Waals surface area contributed by atoms with Gasteiger partial charge in [0.1, 0.15) is 0 Å². The number of hydrogen-bond donors (Lipinski definition) is 2. The largest absolute Gasteiger partial charge is 0.478 e. The van der Waals surface area contributed by atoms with Gasteiger partial charge in [-0.25, -0.2) is 9.59 Å². The fraction of sp³-hybridized carbons (Fsp3) is 0.429. The third-order valence-electron chi connectivity index (χ3n) is 4.14. The number of rotatable bonds is 2. The number of carbonyl (C=O) groups is 2. The van der Waals surface area contributed by atoms with Crippen molar-refractivity contribution in [3.05, 3.63) is 34.4 Å². The number of hydrogen-bond acceptors (Lipinski definition) is 2. The molecule has 1 atom stereocenters. The predicted molar refractivity (Wildman–Crippen MR) is 66.3 cm³/mol. The zero-order valence-corrected chi connectivity index (χ0v) is 10.7. The van der Waals surface area contributed by atoms with Crippen molar-refractivity contribution in [2.24, 2.45) is 5.92 Å². The van der Waals surface area contributed by atoms with Crippen molar-refractivity contribution in [3.8, 4) is 0 Å². The van der Waals surface area contributed by atoms with Gasteiger partial charge < -0.3 is 10.2 Å². The lowest BCUT2D eigenvalue weighted by Crippen LogP contribution is -2.25. The van der Waals surface area contributed by atoms with Crippen molar-refractivity contribution in [3.63, 3.8) is 0 Å². The average Bonchev–Trinajstić information content (AvgIpc) is 2.48. The zero-order valence-electron chi connectivity index (χ0n) is 10.7. The summed E-state index contributed by atoms with van der Waals surface area (Å²) in [5.74, 6) is -2.05. The summed E-state index contributed by atoms with van der Waals surface area (Å²) in [7, 11) is 0. The Kier molecular flexibility index (Phi) is 2.69. The van der Waals surface area contributed by atoms with E-state index in [2.05, 4.69) is 6.92 Å².